The van der Waals surface area contributed by atoms with Gasteiger partial charge in [0, 0.05) is 17.1 Å². The molecule has 0 radical (unpaired) electrons. The molecular weight excluding hydrogens is 360 g/mol. The smallest absolute Gasteiger partial charge is 0.341 e. The van der Waals surface area contributed by atoms with Gasteiger partial charge in [0.2, 0.25) is 0 Å². The fourth-order valence-corrected chi connectivity index (χ4v) is 3.21. The normalized spacial score (nSPS) is 10.3. The molecule has 26 heavy (non-hydrogen) atoms. The number of hydrogen-bond donors (Lipinski definition) is 1. The molecule has 0 aliphatic carbocycles. The summed E-state index contributed by atoms with van der Waals surface area (Å²) in [6, 6.07) is 4.48. The number of aromatic nitrogens is 1. The Morgan fingerprint density at radius 1 is 1.23 bits per heavy atom. The van der Waals surface area contributed by atoms with Crippen molar-refractivity contribution >= 4 is 34.2 Å². The molecule has 2 aromatic rings. The van der Waals surface area contributed by atoms with Crippen molar-refractivity contribution in [1.82, 2.24) is 4.57 Å². The molecule has 0 fully saturated rings. The van der Waals surface area contributed by atoms with Crippen molar-refractivity contribution in [1.29, 1.82) is 0 Å². The zero-order chi connectivity index (χ0) is 19.3. The quantitative estimate of drug-likeness (QED) is 0.764. The fourth-order valence-electron chi connectivity index (χ4n) is 2.15. The second kappa shape index (κ2) is 8.43. The van der Waals surface area contributed by atoms with E-state index in [0.717, 1.165) is 10.4 Å². The molecule has 0 bridgehead atoms. The molecule has 2 rings (SSSR count). The summed E-state index contributed by atoms with van der Waals surface area (Å²) < 4.78 is 10.8. The molecule has 0 saturated carbocycles. The van der Waals surface area contributed by atoms with E-state index in [1.807, 2.05) is 6.92 Å². The highest BCUT2D eigenvalue weighted by atomic mass is 32.1. The van der Waals surface area contributed by atoms with Gasteiger partial charge in [-0.2, -0.15) is 0 Å². The Morgan fingerprint density at radius 3 is 2.62 bits per heavy atom. The molecule has 8 nitrogen and oxygen atoms in total. The van der Waals surface area contributed by atoms with Gasteiger partial charge in [-0.15, -0.1) is 11.3 Å². The van der Waals surface area contributed by atoms with Gasteiger partial charge in [-0.1, -0.05) is 6.07 Å². The molecule has 1 N–H and O–H groups in total. The van der Waals surface area contributed by atoms with Gasteiger partial charge < -0.3 is 19.4 Å². The molecule has 0 unspecified atom stereocenters. The number of esters is 2. The fraction of sp³-hybridized carbons (Fsp3) is 0.294. The lowest BCUT2D eigenvalue weighted by molar-refractivity contribution is -0.147. The number of pyridine rings is 1. The first-order valence-electron chi connectivity index (χ1n) is 7.62. The van der Waals surface area contributed by atoms with Gasteiger partial charge in [-0.3, -0.25) is 14.4 Å². The summed E-state index contributed by atoms with van der Waals surface area (Å²) in [6.45, 7) is 2.75. The summed E-state index contributed by atoms with van der Waals surface area (Å²) in [4.78, 5) is 48.0. The van der Waals surface area contributed by atoms with Gasteiger partial charge >= 0.3 is 11.9 Å². The summed E-state index contributed by atoms with van der Waals surface area (Å²) >= 11 is 1.23. The van der Waals surface area contributed by atoms with Gasteiger partial charge in [0.1, 0.15) is 11.5 Å². The van der Waals surface area contributed by atoms with Crippen molar-refractivity contribution in [2.75, 3.05) is 19.0 Å². The molecule has 2 heterocycles. The molecule has 0 aliphatic rings. The zero-order valence-corrected chi connectivity index (χ0v) is 15.3. The monoisotopic (exact) mass is 378 g/mol. The highest BCUT2D eigenvalue weighted by Crippen LogP contribution is 2.32. The van der Waals surface area contributed by atoms with Crippen LogP contribution in [-0.4, -0.2) is 36.1 Å². The number of anilines is 1. The SMILES string of the molecule is COC(=O)c1c(NC(=O)COC(=O)Cn2ccccc2=O)sc(C)c1C. The molecule has 138 valence electrons. The number of carbonyl (C=O) groups is 3. The molecule has 0 atom stereocenters. The topological polar surface area (TPSA) is 104 Å². The van der Waals surface area contributed by atoms with Crippen LogP contribution in [0.25, 0.3) is 0 Å². The molecule has 1 amide bonds. The maximum Gasteiger partial charge on any atom is 0.341 e. The lowest BCUT2D eigenvalue weighted by atomic mass is 10.1. The van der Waals surface area contributed by atoms with E-state index >= 15 is 0 Å². The van der Waals surface area contributed by atoms with E-state index in [9.17, 15) is 19.2 Å². The lowest BCUT2D eigenvalue weighted by Crippen LogP contribution is -2.27. The second-order valence-electron chi connectivity index (χ2n) is 5.35. The van der Waals surface area contributed by atoms with Crippen molar-refractivity contribution in [2.45, 2.75) is 20.4 Å². The van der Waals surface area contributed by atoms with Crippen LogP contribution in [0.3, 0.4) is 0 Å². The number of rotatable bonds is 6. The third-order valence-corrected chi connectivity index (χ3v) is 4.71. The van der Waals surface area contributed by atoms with Crippen molar-refractivity contribution in [2.24, 2.45) is 0 Å². The van der Waals surface area contributed by atoms with Gasteiger partial charge in [0.15, 0.2) is 6.61 Å². The Labute approximate surface area is 153 Å². The van der Waals surface area contributed by atoms with Crippen LogP contribution in [0, 0.1) is 13.8 Å². The molecule has 0 saturated heterocycles. The maximum absolute atomic E-state index is 12.0. The Kier molecular flexibility index (Phi) is 6.29. The van der Waals surface area contributed by atoms with Crippen LogP contribution < -0.4 is 10.9 Å². The van der Waals surface area contributed by atoms with Crippen molar-refractivity contribution in [3.05, 3.63) is 50.8 Å². The number of amides is 1. The van der Waals surface area contributed by atoms with Crippen LogP contribution in [-0.2, 0) is 25.6 Å². The van der Waals surface area contributed by atoms with Gasteiger partial charge in [-0.25, -0.2) is 4.79 Å². The first-order valence-corrected chi connectivity index (χ1v) is 8.44. The third-order valence-electron chi connectivity index (χ3n) is 3.59. The number of thiophene rings is 1. The van der Waals surface area contributed by atoms with E-state index in [-0.39, 0.29) is 17.7 Å². The van der Waals surface area contributed by atoms with Crippen LogP contribution in [0.4, 0.5) is 5.00 Å². The summed E-state index contributed by atoms with van der Waals surface area (Å²) in [5.74, 6) is -1.87. The minimum atomic E-state index is -0.722. The molecule has 0 aliphatic heterocycles. The number of ether oxygens (including phenoxy) is 2. The first kappa shape index (κ1) is 19.4. The number of nitrogens with one attached hydrogen (secondary N) is 1. The van der Waals surface area contributed by atoms with E-state index in [1.54, 1.807) is 19.1 Å². The number of methoxy groups -OCH3 is 1. The van der Waals surface area contributed by atoms with E-state index in [1.165, 1.54) is 35.3 Å². The van der Waals surface area contributed by atoms with Crippen molar-refractivity contribution < 1.29 is 23.9 Å². The van der Waals surface area contributed by atoms with E-state index < -0.39 is 24.5 Å². The number of nitrogens with zero attached hydrogens (tertiary/aromatic N) is 1. The van der Waals surface area contributed by atoms with Crippen LogP contribution in [0.5, 0.6) is 0 Å². The van der Waals surface area contributed by atoms with Crippen molar-refractivity contribution in [3.8, 4) is 0 Å². The van der Waals surface area contributed by atoms with Crippen LogP contribution in [0.2, 0.25) is 0 Å². The van der Waals surface area contributed by atoms with Gasteiger partial charge in [0.05, 0.1) is 12.7 Å². The second-order valence-corrected chi connectivity index (χ2v) is 6.58. The summed E-state index contributed by atoms with van der Waals surface area (Å²) in [5, 5.41) is 2.89. The summed E-state index contributed by atoms with van der Waals surface area (Å²) in [5.41, 5.74) is 0.657. The zero-order valence-electron chi connectivity index (χ0n) is 14.5. The number of carbonyl (C=O) groups excluding carboxylic acids is 3. The molecule has 9 heteroatoms. The number of hydrogen-bond acceptors (Lipinski definition) is 7. The minimum Gasteiger partial charge on any atom is -0.465 e. The molecule has 0 spiro atoms. The average Bonchev–Trinajstić information content (AvgIpc) is 2.88. The van der Waals surface area contributed by atoms with E-state index in [0.29, 0.717) is 5.00 Å². The molecule has 2 aromatic heterocycles. The highest BCUT2D eigenvalue weighted by Gasteiger charge is 2.22. The first-order chi connectivity index (χ1) is 12.3. The van der Waals surface area contributed by atoms with Crippen molar-refractivity contribution in [3.63, 3.8) is 0 Å². The van der Waals surface area contributed by atoms with Crippen LogP contribution in [0.1, 0.15) is 20.8 Å². The van der Waals surface area contributed by atoms with Crippen LogP contribution >= 0.6 is 11.3 Å². The highest BCUT2D eigenvalue weighted by molar-refractivity contribution is 7.16. The Hall–Kier alpha value is -2.94. The van der Waals surface area contributed by atoms with E-state index in [2.05, 4.69) is 5.32 Å². The predicted octanol–water partition coefficient (Wildman–Crippen LogP) is 1.50. The standard InChI is InChI=1S/C17H18N2O6S/c1-10-11(2)26-16(15(10)17(23)24-3)18-12(20)9-25-14(22)8-19-7-5-4-6-13(19)21/h4-7H,8-9H2,1-3H3,(H,18,20). The predicted molar refractivity (Wildman–Crippen MR) is 95.4 cm³/mol. The Bertz CT molecular complexity index is 899. The Morgan fingerprint density at radius 2 is 1.96 bits per heavy atom. The summed E-state index contributed by atoms with van der Waals surface area (Å²) in [6.07, 6.45) is 1.45. The molecule has 0 aromatic carbocycles. The number of aryl methyl sites for hydroxylation is 1. The minimum absolute atomic E-state index is 0.283. The maximum atomic E-state index is 12.0. The Balaban J connectivity index is 1.96. The summed E-state index contributed by atoms with van der Waals surface area (Å²) in [7, 11) is 1.26. The third kappa shape index (κ3) is 4.57. The largest absolute Gasteiger partial charge is 0.465 e. The average molecular weight is 378 g/mol. The lowest BCUT2D eigenvalue weighted by Gasteiger charge is -2.08. The van der Waals surface area contributed by atoms with E-state index in [4.69, 9.17) is 9.47 Å². The van der Waals surface area contributed by atoms with Gasteiger partial charge in [-0.05, 0) is 25.5 Å². The van der Waals surface area contributed by atoms with Gasteiger partial charge in [0.25, 0.3) is 11.5 Å². The van der Waals surface area contributed by atoms with Crippen LogP contribution in [0.15, 0.2) is 29.2 Å². The molecular formula is C17H18N2O6S.